The highest BCUT2D eigenvalue weighted by atomic mass is 35.5. The molecule has 1 heterocycles. The van der Waals surface area contributed by atoms with E-state index in [0.717, 1.165) is 30.6 Å². The molecule has 4 nitrogen and oxygen atoms in total. The summed E-state index contributed by atoms with van der Waals surface area (Å²) in [6.45, 7) is 3.78. The number of hydrogen-bond acceptors (Lipinski definition) is 3. The van der Waals surface area contributed by atoms with Crippen LogP contribution in [0.1, 0.15) is 17.5 Å². The molecule has 92 valence electrons. The molecule has 1 aromatic rings. The van der Waals surface area contributed by atoms with E-state index in [4.69, 9.17) is 0 Å². The minimum Gasteiger partial charge on any atom is -0.313 e. The number of nitrogens with zero attached hydrogens (tertiary/aromatic N) is 1. The molecule has 0 amide bonds. The smallest absolute Gasteiger partial charge is 0.269 e. The van der Waals surface area contributed by atoms with Gasteiger partial charge in [-0.1, -0.05) is 6.08 Å². The summed E-state index contributed by atoms with van der Waals surface area (Å²) < 4.78 is 0. The van der Waals surface area contributed by atoms with Gasteiger partial charge in [0.1, 0.15) is 0 Å². The van der Waals surface area contributed by atoms with Crippen molar-refractivity contribution in [3.63, 3.8) is 0 Å². The average Bonchev–Trinajstić information content (AvgIpc) is 2.30. The molecular weight excluding hydrogens is 240 g/mol. The second kappa shape index (κ2) is 5.80. The Hall–Kier alpha value is -1.39. The van der Waals surface area contributed by atoms with Crippen molar-refractivity contribution in [2.45, 2.75) is 13.3 Å². The maximum atomic E-state index is 10.6. The van der Waals surface area contributed by atoms with Gasteiger partial charge < -0.3 is 5.32 Å². The molecule has 0 aromatic heterocycles. The fraction of sp³-hybridized carbons (Fsp3) is 0.333. The van der Waals surface area contributed by atoms with Crippen LogP contribution in [0.4, 0.5) is 5.69 Å². The van der Waals surface area contributed by atoms with Gasteiger partial charge in [0, 0.05) is 18.7 Å². The second-order valence-electron chi connectivity index (χ2n) is 3.94. The topological polar surface area (TPSA) is 55.2 Å². The third-order valence-electron chi connectivity index (χ3n) is 2.83. The molecular formula is C12H15ClN2O2. The molecule has 5 heteroatoms. The zero-order valence-corrected chi connectivity index (χ0v) is 10.4. The van der Waals surface area contributed by atoms with Gasteiger partial charge >= 0.3 is 0 Å². The van der Waals surface area contributed by atoms with Crippen LogP contribution in [0.25, 0.3) is 5.57 Å². The Morgan fingerprint density at radius 3 is 2.71 bits per heavy atom. The van der Waals surface area contributed by atoms with E-state index in [1.807, 2.05) is 13.0 Å². The van der Waals surface area contributed by atoms with Crippen LogP contribution < -0.4 is 5.32 Å². The standard InChI is InChI=1S/C12H14N2O2.ClH/c1-9-8-11(14(15)16)2-3-12(9)10-4-6-13-7-5-10;/h2-4,8,13H,5-7H2,1H3;1H. The average molecular weight is 255 g/mol. The molecule has 0 bridgehead atoms. The Morgan fingerprint density at radius 1 is 1.41 bits per heavy atom. The summed E-state index contributed by atoms with van der Waals surface area (Å²) in [4.78, 5) is 10.3. The van der Waals surface area contributed by atoms with Crippen LogP contribution in [0.5, 0.6) is 0 Å². The van der Waals surface area contributed by atoms with Gasteiger partial charge in [-0.25, -0.2) is 0 Å². The molecule has 0 unspecified atom stereocenters. The Bertz CT molecular complexity index is 458. The van der Waals surface area contributed by atoms with E-state index in [0.29, 0.717) is 0 Å². The molecule has 0 atom stereocenters. The number of rotatable bonds is 2. The van der Waals surface area contributed by atoms with E-state index in [2.05, 4.69) is 11.4 Å². The summed E-state index contributed by atoms with van der Waals surface area (Å²) in [6, 6.07) is 5.06. The van der Waals surface area contributed by atoms with Gasteiger partial charge in [-0.2, -0.15) is 0 Å². The Morgan fingerprint density at radius 2 is 2.18 bits per heavy atom. The van der Waals surface area contributed by atoms with Crippen molar-refractivity contribution < 1.29 is 4.92 Å². The molecule has 17 heavy (non-hydrogen) atoms. The van der Waals surface area contributed by atoms with E-state index in [1.165, 1.54) is 5.57 Å². The van der Waals surface area contributed by atoms with Gasteiger partial charge in [-0.15, -0.1) is 12.4 Å². The summed E-state index contributed by atoms with van der Waals surface area (Å²) >= 11 is 0. The lowest BCUT2D eigenvalue weighted by molar-refractivity contribution is -0.384. The normalized spacial score (nSPS) is 14.8. The first-order chi connectivity index (χ1) is 7.68. The van der Waals surface area contributed by atoms with E-state index in [-0.39, 0.29) is 23.0 Å². The predicted octanol–water partition coefficient (Wildman–Crippen LogP) is 2.70. The molecule has 0 spiro atoms. The largest absolute Gasteiger partial charge is 0.313 e. The van der Waals surface area contributed by atoms with Gasteiger partial charge in [-0.05, 0) is 42.7 Å². The number of hydrogen-bond donors (Lipinski definition) is 1. The summed E-state index contributed by atoms with van der Waals surface area (Å²) in [5.74, 6) is 0. The molecule has 1 aliphatic rings. The number of halogens is 1. The number of benzene rings is 1. The molecule has 0 fully saturated rings. The van der Waals surface area contributed by atoms with Crippen molar-refractivity contribution in [1.29, 1.82) is 0 Å². The van der Waals surface area contributed by atoms with Crippen molar-refractivity contribution in [2.75, 3.05) is 13.1 Å². The third kappa shape index (κ3) is 3.05. The summed E-state index contributed by atoms with van der Waals surface area (Å²) in [6.07, 6.45) is 3.14. The lowest BCUT2D eigenvalue weighted by Crippen LogP contribution is -2.20. The molecule has 0 saturated carbocycles. The van der Waals surface area contributed by atoms with E-state index >= 15 is 0 Å². The maximum Gasteiger partial charge on any atom is 0.269 e. The molecule has 1 N–H and O–H groups in total. The van der Waals surface area contributed by atoms with Gasteiger partial charge in [0.2, 0.25) is 0 Å². The first-order valence-corrected chi connectivity index (χ1v) is 5.33. The van der Waals surface area contributed by atoms with E-state index < -0.39 is 0 Å². The molecule has 0 aliphatic carbocycles. The summed E-state index contributed by atoms with van der Waals surface area (Å²) in [5, 5.41) is 13.9. The highest BCUT2D eigenvalue weighted by Crippen LogP contribution is 2.26. The van der Waals surface area contributed by atoms with E-state index in [9.17, 15) is 10.1 Å². The van der Waals surface area contributed by atoms with Crippen LogP contribution in [-0.4, -0.2) is 18.0 Å². The number of aryl methyl sites for hydroxylation is 1. The van der Waals surface area contributed by atoms with Crippen molar-refractivity contribution in [3.8, 4) is 0 Å². The molecule has 1 aliphatic heterocycles. The first kappa shape index (κ1) is 13.7. The zero-order chi connectivity index (χ0) is 11.5. The van der Waals surface area contributed by atoms with Crippen LogP contribution in [0, 0.1) is 17.0 Å². The van der Waals surface area contributed by atoms with Gasteiger partial charge in [0.25, 0.3) is 5.69 Å². The van der Waals surface area contributed by atoms with Crippen LogP contribution in [0.15, 0.2) is 24.3 Å². The first-order valence-electron chi connectivity index (χ1n) is 5.33. The van der Waals surface area contributed by atoms with Gasteiger partial charge in [-0.3, -0.25) is 10.1 Å². The molecule has 1 aromatic carbocycles. The van der Waals surface area contributed by atoms with Crippen molar-refractivity contribution in [2.24, 2.45) is 0 Å². The fourth-order valence-electron chi connectivity index (χ4n) is 1.99. The Labute approximate surface area is 106 Å². The van der Waals surface area contributed by atoms with Crippen LogP contribution >= 0.6 is 12.4 Å². The summed E-state index contributed by atoms with van der Waals surface area (Å²) in [7, 11) is 0. The predicted molar refractivity (Wildman–Crippen MR) is 70.5 cm³/mol. The van der Waals surface area contributed by atoms with E-state index in [1.54, 1.807) is 12.1 Å². The number of nitrogens with one attached hydrogen (secondary N) is 1. The van der Waals surface area contributed by atoms with Crippen molar-refractivity contribution in [1.82, 2.24) is 5.32 Å². The Balaban J connectivity index is 0.00000144. The SMILES string of the molecule is Cc1cc([N+](=O)[O-])ccc1C1=CCNCC1.Cl. The van der Waals surface area contributed by atoms with Gasteiger partial charge in [0.05, 0.1) is 4.92 Å². The van der Waals surface area contributed by atoms with Crippen molar-refractivity contribution in [3.05, 3.63) is 45.5 Å². The zero-order valence-electron chi connectivity index (χ0n) is 9.60. The second-order valence-corrected chi connectivity index (χ2v) is 3.94. The minimum atomic E-state index is -0.354. The molecule has 0 radical (unpaired) electrons. The van der Waals surface area contributed by atoms with Crippen LogP contribution in [0.3, 0.4) is 0 Å². The maximum absolute atomic E-state index is 10.6. The van der Waals surface area contributed by atoms with Crippen LogP contribution in [0.2, 0.25) is 0 Å². The highest BCUT2D eigenvalue weighted by Gasteiger charge is 2.12. The number of non-ortho nitro benzene ring substituents is 1. The number of nitro benzene ring substituents is 1. The summed E-state index contributed by atoms with van der Waals surface area (Å²) in [5.41, 5.74) is 3.55. The number of nitro groups is 1. The minimum absolute atomic E-state index is 0. The monoisotopic (exact) mass is 254 g/mol. The highest BCUT2D eigenvalue weighted by molar-refractivity contribution is 5.85. The molecule has 0 saturated heterocycles. The van der Waals surface area contributed by atoms with Crippen LogP contribution in [-0.2, 0) is 0 Å². The third-order valence-corrected chi connectivity index (χ3v) is 2.83. The lowest BCUT2D eigenvalue weighted by atomic mass is 9.96. The van der Waals surface area contributed by atoms with Crippen molar-refractivity contribution >= 4 is 23.7 Å². The fourth-order valence-corrected chi connectivity index (χ4v) is 1.99. The molecule has 2 rings (SSSR count). The quantitative estimate of drug-likeness (QED) is 0.652. The Kier molecular flexibility index (Phi) is 4.66. The van der Waals surface area contributed by atoms with Gasteiger partial charge in [0.15, 0.2) is 0 Å². The lowest BCUT2D eigenvalue weighted by Gasteiger charge is -2.15.